The van der Waals surface area contributed by atoms with Crippen molar-refractivity contribution in [2.45, 2.75) is 6.54 Å². The molecule has 0 spiro atoms. The summed E-state index contributed by atoms with van der Waals surface area (Å²) in [5.41, 5.74) is 0. The maximum absolute atomic E-state index is 5.29. The van der Waals surface area contributed by atoms with Crippen LogP contribution in [0.1, 0.15) is 4.88 Å². The summed E-state index contributed by atoms with van der Waals surface area (Å²) in [5, 5.41) is 5.45. The third-order valence-electron chi connectivity index (χ3n) is 2.50. The number of methoxy groups -OCH3 is 1. The zero-order valence-electron chi connectivity index (χ0n) is 8.45. The summed E-state index contributed by atoms with van der Waals surface area (Å²) in [6.07, 6.45) is 0. The summed E-state index contributed by atoms with van der Waals surface area (Å²) in [7, 11) is 1.74. The minimum absolute atomic E-state index is 1.03. The monoisotopic (exact) mass is 212 g/mol. The van der Waals surface area contributed by atoms with Crippen molar-refractivity contribution >= 4 is 11.3 Å². The van der Waals surface area contributed by atoms with E-state index in [1.807, 2.05) is 6.07 Å². The smallest absolute Gasteiger partial charge is 0.134 e. The quantitative estimate of drug-likeness (QED) is 0.814. The van der Waals surface area contributed by atoms with Crippen LogP contribution in [-0.4, -0.2) is 38.2 Å². The molecule has 0 amide bonds. The first-order chi connectivity index (χ1) is 6.90. The van der Waals surface area contributed by atoms with Gasteiger partial charge in [0.05, 0.1) is 12.0 Å². The minimum atomic E-state index is 1.03. The number of ether oxygens (including phenoxy) is 1. The topological polar surface area (TPSA) is 24.5 Å². The molecular weight excluding hydrogens is 196 g/mol. The van der Waals surface area contributed by atoms with Crippen LogP contribution in [-0.2, 0) is 6.54 Å². The molecule has 0 unspecified atom stereocenters. The van der Waals surface area contributed by atoms with Crippen molar-refractivity contribution in [1.82, 2.24) is 10.2 Å². The largest absolute Gasteiger partial charge is 0.496 e. The van der Waals surface area contributed by atoms with Crippen LogP contribution in [0.5, 0.6) is 5.75 Å². The highest BCUT2D eigenvalue weighted by atomic mass is 32.1. The lowest BCUT2D eigenvalue weighted by atomic mass is 10.3. The molecule has 1 aromatic heterocycles. The van der Waals surface area contributed by atoms with Gasteiger partial charge in [-0.3, -0.25) is 4.90 Å². The van der Waals surface area contributed by atoms with E-state index in [1.54, 1.807) is 18.4 Å². The summed E-state index contributed by atoms with van der Waals surface area (Å²) < 4.78 is 5.29. The minimum Gasteiger partial charge on any atom is -0.496 e. The first-order valence-electron chi connectivity index (χ1n) is 4.93. The van der Waals surface area contributed by atoms with E-state index < -0.39 is 0 Å². The molecule has 4 heteroatoms. The molecule has 2 heterocycles. The molecule has 1 aromatic rings. The van der Waals surface area contributed by atoms with E-state index in [0.29, 0.717) is 0 Å². The third kappa shape index (κ3) is 2.26. The highest BCUT2D eigenvalue weighted by molar-refractivity contribution is 7.10. The Morgan fingerprint density at radius 3 is 3.00 bits per heavy atom. The van der Waals surface area contributed by atoms with Gasteiger partial charge in [0.1, 0.15) is 5.75 Å². The second-order valence-corrected chi connectivity index (χ2v) is 4.44. The second kappa shape index (κ2) is 4.77. The zero-order valence-corrected chi connectivity index (χ0v) is 9.27. The Morgan fingerprint density at radius 1 is 1.50 bits per heavy atom. The molecule has 0 atom stereocenters. The van der Waals surface area contributed by atoms with E-state index in [4.69, 9.17) is 4.74 Å². The molecule has 0 aromatic carbocycles. The van der Waals surface area contributed by atoms with Crippen molar-refractivity contribution in [2.24, 2.45) is 0 Å². The second-order valence-electron chi connectivity index (χ2n) is 3.44. The van der Waals surface area contributed by atoms with E-state index in [1.165, 1.54) is 4.88 Å². The number of rotatable bonds is 3. The SMILES string of the molecule is COc1ccsc1CN1CCNCC1. The Labute approximate surface area is 88.7 Å². The van der Waals surface area contributed by atoms with Crippen LogP contribution >= 0.6 is 11.3 Å². The fourth-order valence-electron chi connectivity index (χ4n) is 1.70. The number of thiophene rings is 1. The number of hydrogen-bond donors (Lipinski definition) is 1. The molecule has 3 nitrogen and oxygen atoms in total. The summed E-state index contributed by atoms with van der Waals surface area (Å²) in [6, 6.07) is 2.04. The lowest BCUT2D eigenvalue weighted by Gasteiger charge is -2.26. The van der Waals surface area contributed by atoms with Crippen molar-refractivity contribution in [2.75, 3.05) is 33.3 Å². The molecule has 0 saturated carbocycles. The van der Waals surface area contributed by atoms with E-state index in [2.05, 4.69) is 15.6 Å². The molecule has 0 bridgehead atoms. The van der Waals surface area contributed by atoms with Crippen molar-refractivity contribution in [1.29, 1.82) is 0 Å². The zero-order chi connectivity index (χ0) is 9.80. The Bertz CT molecular complexity index is 281. The summed E-state index contributed by atoms with van der Waals surface area (Å²) in [5.74, 6) is 1.04. The van der Waals surface area contributed by atoms with Crippen LogP contribution in [0.2, 0.25) is 0 Å². The van der Waals surface area contributed by atoms with E-state index >= 15 is 0 Å². The highest BCUT2D eigenvalue weighted by Gasteiger charge is 2.13. The summed E-state index contributed by atoms with van der Waals surface area (Å²) >= 11 is 1.78. The standard InChI is InChI=1S/C10H16N2OS/c1-13-9-2-7-14-10(9)8-12-5-3-11-4-6-12/h2,7,11H,3-6,8H2,1H3. The van der Waals surface area contributed by atoms with Gasteiger partial charge in [0, 0.05) is 32.7 Å². The molecule has 0 aliphatic carbocycles. The molecule has 1 aliphatic heterocycles. The number of piperazine rings is 1. The van der Waals surface area contributed by atoms with Gasteiger partial charge in [0.25, 0.3) is 0 Å². The first kappa shape index (κ1) is 9.96. The lowest BCUT2D eigenvalue weighted by molar-refractivity contribution is 0.232. The fourth-order valence-corrected chi connectivity index (χ4v) is 2.58. The molecule has 1 N–H and O–H groups in total. The van der Waals surface area contributed by atoms with Crippen molar-refractivity contribution in [3.05, 3.63) is 16.3 Å². The van der Waals surface area contributed by atoms with Crippen LogP contribution in [0.15, 0.2) is 11.4 Å². The van der Waals surface area contributed by atoms with E-state index in [9.17, 15) is 0 Å². The first-order valence-corrected chi connectivity index (χ1v) is 5.81. The lowest BCUT2D eigenvalue weighted by Crippen LogP contribution is -2.42. The maximum atomic E-state index is 5.29. The van der Waals surface area contributed by atoms with Crippen LogP contribution in [0.4, 0.5) is 0 Å². The predicted octanol–water partition coefficient (Wildman–Crippen LogP) is 1.16. The number of hydrogen-bond acceptors (Lipinski definition) is 4. The van der Waals surface area contributed by atoms with Gasteiger partial charge < -0.3 is 10.1 Å². The molecule has 1 saturated heterocycles. The van der Waals surface area contributed by atoms with Gasteiger partial charge in [-0.1, -0.05) is 0 Å². The molecule has 2 rings (SSSR count). The van der Waals surface area contributed by atoms with Crippen LogP contribution in [0.3, 0.4) is 0 Å². The van der Waals surface area contributed by atoms with Gasteiger partial charge in [-0.25, -0.2) is 0 Å². The van der Waals surface area contributed by atoms with Crippen molar-refractivity contribution < 1.29 is 4.74 Å². The average molecular weight is 212 g/mol. The van der Waals surface area contributed by atoms with Gasteiger partial charge in [-0.2, -0.15) is 0 Å². The van der Waals surface area contributed by atoms with Gasteiger partial charge in [-0.15, -0.1) is 11.3 Å². The van der Waals surface area contributed by atoms with E-state index in [0.717, 1.165) is 38.5 Å². The van der Waals surface area contributed by atoms with Crippen LogP contribution in [0.25, 0.3) is 0 Å². The summed E-state index contributed by atoms with van der Waals surface area (Å²) in [6.45, 7) is 5.52. The Balaban J connectivity index is 1.95. The van der Waals surface area contributed by atoms with Gasteiger partial charge >= 0.3 is 0 Å². The average Bonchev–Trinajstić information content (AvgIpc) is 2.67. The Hall–Kier alpha value is -0.580. The molecule has 1 aliphatic rings. The van der Waals surface area contributed by atoms with Gasteiger partial charge in [-0.05, 0) is 11.4 Å². The highest BCUT2D eigenvalue weighted by Crippen LogP contribution is 2.25. The normalized spacial score (nSPS) is 18.4. The fraction of sp³-hybridized carbons (Fsp3) is 0.600. The molecule has 0 radical (unpaired) electrons. The molecule has 14 heavy (non-hydrogen) atoms. The van der Waals surface area contributed by atoms with Crippen molar-refractivity contribution in [3.8, 4) is 5.75 Å². The molecular formula is C10H16N2OS. The number of nitrogens with one attached hydrogen (secondary N) is 1. The molecule has 78 valence electrons. The molecule has 1 fully saturated rings. The van der Waals surface area contributed by atoms with Crippen LogP contribution in [0, 0.1) is 0 Å². The number of nitrogens with zero attached hydrogens (tertiary/aromatic N) is 1. The van der Waals surface area contributed by atoms with Crippen LogP contribution < -0.4 is 10.1 Å². The van der Waals surface area contributed by atoms with Crippen molar-refractivity contribution in [3.63, 3.8) is 0 Å². The summed E-state index contributed by atoms with van der Waals surface area (Å²) in [4.78, 5) is 3.81. The third-order valence-corrected chi connectivity index (χ3v) is 3.39. The predicted molar refractivity (Wildman–Crippen MR) is 59.0 cm³/mol. The maximum Gasteiger partial charge on any atom is 0.134 e. The van der Waals surface area contributed by atoms with Gasteiger partial charge in [0.15, 0.2) is 0 Å². The Morgan fingerprint density at radius 2 is 2.29 bits per heavy atom. The Kier molecular flexibility index (Phi) is 3.39. The van der Waals surface area contributed by atoms with E-state index in [-0.39, 0.29) is 0 Å². The van der Waals surface area contributed by atoms with Gasteiger partial charge in [0.2, 0.25) is 0 Å².